The molecule has 2 N–H and O–H groups in total. The van der Waals surface area contributed by atoms with Crippen molar-refractivity contribution < 1.29 is 17.9 Å². The first kappa shape index (κ1) is 15.2. The fourth-order valence-electron chi connectivity index (χ4n) is 2.98. The van der Waals surface area contributed by atoms with Crippen molar-refractivity contribution in [2.45, 2.75) is 45.0 Å². The number of para-hydroxylation sites is 1. The van der Waals surface area contributed by atoms with Crippen molar-refractivity contribution in [1.82, 2.24) is 0 Å². The lowest BCUT2D eigenvalue weighted by Gasteiger charge is -2.41. The number of rotatable bonds is 2. The number of hydrogen-bond acceptors (Lipinski definition) is 2. The quantitative estimate of drug-likeness (QED) is 0.885. The minimum absolute atomic E-state index is 0.177. The standard InChI is InChI=1S/C15H20F3NO/c1-10-7-8-14(19,9-11(10)2)12-5-3-4-6-13(12)20-15(16,17)18/h3-6,10-11H,7-9,19H2,1-2H3. The largest absolute Gasteiger partial charge is 0.573 e. The Hall–Kier alpha value is -1.23. The molecule has 5 heteroatoms. The fourth-order valence-corrected chi connectivity index (χ4v) is 2.98. The van der Waals surface area contributed by atoms with E-state index in [2.05, 4.69) is 18.6 Å². The third-order valence-corrected chi connectivity index (χ3v) is 4.35. The van der Waals surface area contributed by atoms with Crippen LogP contribution in [0.2, 0.25) is 0 Å². The van der Waals surface area contributed by atoms with E-state index in [4.69, 9.17) is 5.73 Å². The minimum atomic E-state index is -4.69. The Balaban J connectivity index is 2.32. The Morgan fingerprint density at radius 1 is 1.20 bits per heavy atom. The van der Waals surface area contributed by atoms with Crippen LogP contribution in [0, 0.1) is 11.8 Å². The minimum Gasteiger partial charge on any atom is -0.405 e. The normalized spacial score (nSPS) is 31.1. The highest BCUT2D eigenvalue weighted by Crippen LogP contribution is 2.44. The average molecular weight is 287 g/mol. The summed E-state index contributed by atoms with van der Waals surface area (Å²) in [6.07, 6.45) is -2.43. The SMILES string of the molecule is CC1CCC(N)(c2ccccc2OC(F)(F)F)CC1C. The Labute approximate surface area is 117 Å². The summed E-state index contributed by atoms with van der Waals surface area (Å²) < 4.78 is 41.6. The molecule has 0 amide bonds. The molecule has 0 bridgehead atoms. The first-order chi connectivity index (χ1) is 9.21. The molecule has 1 saturated carbocycles. The molecule has 20 heavy (non-hydrogen) atoms. The second kappa shape index (κ2) is 5.28. The average Bonchev–Trinajstić information content (AvgIpc) is 2.33. The van der Waals surface area contributed by atoms with Crippen LogP contribution in [0.4, 0.5) is 13.2 Å². The van der Waals surface area contributed by atoms with Crippen molar-refractivity contribution in [2.24, 2.45) is 17.6 Å². The summed E-state index contributed by atoms with van der Waals surface area (Å²) in [6, 6.07) is 6.21. The summed E-state index contributed by atoms with van der Waals surface area (Å²) in [5, 5.41) is 0. The monoisotopic (exact) mass is 287 g/mol. The molecule has 3 atom stereocenters. The van der Waals surface area contributed by atoms with Gasteiger partial charge in [0.05, 0.1) is 0 Å². The third-order valence-electron chi connectivity index (χ3n) is 4.35. The van der Waals surface area contributed by atoms with Crippen LogP contribution in [-0.4, -0.2) is 6.36 Å². The lowest BCUT2D eigenvalue weighted by molar-refractivity contribution is -0.275. The van der Waals surface area contributed by atoms with Gasteiger partial charge in [-0.15, -0.1) is 13.2 Å². The zero-order valence-corrected chi connectivity index (χ0v) is 11.7. The predicted molar refractivity (Wildman–Crippen MR) is 71.2 cm³/mol. The zero-order chi connectivity index (χ0) is 15.0. The molecular formula is C15H20F3NO. The summed E-state index contributed by atoms with van der Waals surface area (Å²) in [4.78, 5) is 0. The Kier molecular flexibility index (Phi) is 4.00. The van der Waals surface area contributed by atoms with Gasteiger partial charge in [-0.25, -0.2) is 0 Å². The molecule has 1 aromatic carbocycles. The van der Waals surface area contributed by atoms with Crippen molar-refractivity contribution in [3.05, 3.63) is 29.8 Å². The van der Waals surface area contributed by atoms with Gasteiger partial charge >= 0.3 is 6.36 Å². The topological polar surface area (TPSA) is 35.2 Å². The van der Waals surface area contributed by atoms with Gasteiger partial charge < -0.3 is 10.5 Å². The van der Waals surface area contributed by atoms with Crippen LogP contribution in [-0.2, 0) is 5.54 Å². The maximum atomic E-state index is 12.5. The highest BCUT2D eigenvalue weighted by molar-refractivity contribution is 5.39. The molecule has 0 heterocycles. The zero-order valence-electron chi connectivity index (χ0n) is 11.7. The number of ether oxygens (including phenoxy) is 1. The van der Waals surface area contributed by atoms with Crippen LogP contribution >= 0.6 is 0 Å². The molecular weight excluding hydrogens is 267 g/mol. The summed E-state index contributed by atoms with van der Waals surface area (Å²) in [7, 11) is 0. The molecule has 112 valence electrons. The first-order valence-electron chi connectivity index (χ1n) is 6.85. The number of benzene rings is 1. The van der Waals surface area contributed by atoms with Gasteiger partial charge in [-0.2, -0.15) is 0 Å². The van der Waals surface area contributed by atoms with E-state index >= 15 is 0 Å². The van der Waals surface area contributed by atoms with Gasteiger partial charge in [0.1, 0.15) is 5.75 Å². The van der Waals surface area contributed by atoms with E-state index in [0.717, 1.165) is 6.42 Å². The molecule has 2 nitrogen and oxygen atoms in total. The second-order valence-electron chi connectivity index (χ2n) is 5.90. The molecule has 0 spiro atoms. The summed E-state index contributed by atoms with van der Waals surface area (Å²) in [5.74, 6) is 0.749. The highest BCUT2D eigenvalue weighted by atomic mass is 19.4. The maximum absolute atomic E-state index is 12.5. The molecule has 1 aliphatic carbocycles. The van der Waals surface area contributed by atoms with Gasteiger partial charge in [0, 0.05) is 11.1 Å². The number of alkyl halides is 3. The van der Waals surface area contributed by atoms with E-state index in [1.165, 1.54) is 12.1 Å². The summed E-state index contributed by atoms with van der Waals surface area (Å²) in [6.45, 7) is 4.25. The number of nitrogens with two attached hydrogens (primary N) is 1. The Morgan fingerprint density at radius 2 is 1.85 bits per heavy atom. The number of halogens is 3. The van der Waals surface area contributed by atoms with Crippen molar-refractivity contribution in [1.29, 1.82) is 0 Å². The molecule has 2 rings (SSSR count). The number of hydrogen-bond donors (Lipinski definition) is 1. The van der Waals surface area contributed by atoms with Gasteiger partial charge in [-0.3, -0.25) is 0 Å². The smallest absolute Gasteiger partial charge is 0.405 e. The van der Waals surface area contributed by atoms with E-state index in [-0.39, 0.29) is 5.75 Å². The van der Waals surface area contributed by atoms with Gasteiger partial charge in [0.15, 0.2) is 0 Å². The van der Waals surface area contributed by atoms with E-state index < -0.39 is 11.9 Å². The van der Waals surface area contributed by atoms with Crippen LogP contribution in [0.3, 0.4) is 0 Å². The fraction of sp³-hybridized carbons (Fsp3) is 0.600. The molecule has 1 fully saturated rings. The third kappa shape index (κ3) is 3.26. The van der Waals surface area contributed by atoms with Crippen molar-refractivity contribution in [3.8, 4) is 5.75 Å². The van der Waals surface area contributed by atoms with Crippen LogP contribution in [0.25, 0.3) is 0 Å². The van der Waals surface area contributed by atoms with Gasteiger partial charge in [-0.05, 0) is 37.2 Å². The molecule has 3 unspecified atom stereocenters. The highest BCUT2D eigenvalue weighted by Gasteiger charge is 2.40. The Bertz CT molecular complexity index is 474. The van der Waals surface area contributed by atoms with Crippen LogP contribution in [0.15, 0.2) is 24.3 Å². The Morgan fingerprint density at radius 3 is 2.45 bits per heavy atom. The lowest BCUT2D eigenvalue weighted by atomic mass is 9.69. The van der Waals surface area contributed by atoms with Crippen LogP contribution in [0.1, 0.15) is 38.7 Å². The molecule has 0 aliphatic heterocycles. The molecule has 0 radical (unpaired) electrons. The molecule has 1 aromatic rings. The van der Waals surface area contributed by atoms with Crippen LogP contribution in [0.5, 0.6) is 5.75 Å². The van der Waals surface area contributed by atoms with E-state index in [1.807, 2.05) is 0 Å². The van der Waals surface area contributed by atoms with Crippen LogP contribution < -0.4 is 10.5 Å². The molecule has 0 saturated heterocycles. The van der Waals surface area contributed by atoms with Crippen molar-refractivity contribution in [2.75, 3.05) is 0 Å². The predicted octanol–water partition coefficient (Wildman–Crippen LogP) is 4.20. The van der Waals surface area contributed by atoms with Crippen molar-refractivity contribution >= 4 is 0 Å². The molecule has 1 aliphatic rings. The lowest BCUT2D eigenvalue weighted by Crippen LogP contribution is -2.43. The summed E-state index contributed by atoms with van der Waals surface area (Å²) >= 11 is 0. The first-order valence-corrected chi connectivity index (χ1v) is 6.85. The van der Waals surface area contributed by atoms with Gasteiger partial charge in [-0.1, -0.05) is 32.0 Å². The maximum Gasteiger partial charge on any atom is 0.573 e. The molecule has 0 aromatic heterocycles. The van der Waals surface area contributed by atoms with E-state index in [0.29, 0.717) is 30.2 Å². The van der Waals surface area contributed by atoms with E-state index in [1.54, 1.807) is 12.1 Å². The van der Waals surface area contributed by atoms with Gasteiger partial charge in [0.25, 0.3) is 0 Å². The summed E-state index contributed by atoms with van der Waals surface area (Å²) in [5.41, 5.74) is 6.12. The van der Waals surface area contributed by atoms with Gasteiger partial charge in [0.2, 0.25) is 0 Å². The van der Waals surface area contributed by atoms with Crippen molar-refractivity contribution in [3.63, 3.8) is 0 Å². The van der Waals surface area contributed by atoms with E-state index in [9.17, 15) is 13.2 Å². The second-order valence-corrected chi connectivity index (χ2v) is 5.90.